The molecular formula is C18H23BrN2O4. The average Bonchev–Trinajstić information content (AvgIpc) is 2.93. The third-order valence-electron chi connectivity index (χ3n) is 4.25. The first-order valence-electron chi connectivity index (χ1n) is 8.42. The highest BCUT2D eigenvalue weighted by molar-refractivity contribution is 9.09. The lowest BCUT2D eigenvalue weighted by Gasteiger charge is -2.23. The van der Waals surface area contributed by atoms with Crippen LogP contribution < -0.4 is 10.1 Å². The van der Waals surface area contributed by atoms with Crippen molar-refractivity contribution in [2.24, 2.45) is 0 Å². The molecule has 0 radical (unpaired) electrons. The summed E-state index contributed by atoms with van der Waals surface area (Å²) in [5, 5.41) is 3.08. The zero-order chi connectivity index (χ0) is 18.2. The highest BCUT2D eigenvalue weighted by atomic mass is 79.9. The number of nitrogens with zero attached hydrogens (tertiary/aromatic N) is 1. The number of ether oxygens (including phenoxy) is 1. The van der Waals surface area contributed by atoms with E-state index in [2.05, 4.69) is 21.2 Å². The van der Waals surface area contributed by atoms with Crippen LogP contribution in [0.5, 0.6) is 5.75 Å². The number of unbranched alkanes of at least 4 members (excludes halogenated alkanes) is 1. The second-order valence-corrected chi connectivity index (χ2v) is 6.86. The second kappa shape index (κ2) is 9.56. The lowest BCUT2D eigenvalue weighted by Crippen LogP contribution is -2.34. The molecule has 1 heterocycles. The fourth-order valence-corrected chi connectivity index (χ4v) is 3.18. The van der Waals surface area contributed by atoms with Crippen molar-refractivity contribution in [1.29, 1.82) is 0 Å². The molecule has 1 aliphatic rings. The first kappa shape index (κ1) is 19.4. The molecule has 1 atom stereocenters. The van der Waals surface area contributed by atoms with E-state index in [1.165, 1.54) is 0 Å². The van der Waals surface area contributed by atoms with Crippen molar-refractivity contribution in [3.8, 4) is 5.75 Å². The molecule has 7 heteroatoms. The Kier molecular flexibility index (Phi) is 7.43. The van der Waals surface area contributed by atoms with Gasteiger partial charge in [-0.2, -0.15) is 0 Å². The Labute approximate surface area is 156 Å². The standard InChI is InChI=1S/C18H23BrN2O4/c1-13(4-7-17(23)20-12-22)21-11-14-10-15(25-9-3-2-8-19)5-6-16(14)18(21)24/h5-6,10,12-13H,2-4,7-9,11H2,1H3,(H,20,22,23). The van der Waals surface area contributed by atoms with Gasteiger partial charge in [0.1, 0.15) is 5.75 Å². The molecule has 6 nitrogen and oxygen atoms in total. The smallest absolute Gasteiger partial charge is 0.254 e. The lowest BCUT2D eigenvalue weighted by atomic mass is 10.1. The van der Waals surface area contributed by atoms with E-state index in [9.17, 15) is 14.4 Å². The summed E-state index contributed by atoms with van der Waals surface area (Å²) in [7, 11) is 0. The van der Waals surface area contributed by atoms with Gasteiger partial charge in [-0.3, -0.25) is 19.7 Å². The molecule has 0 fully saturated rings. The summed E-state index contributed by atoms with van der Waals surface area (Å²) in [5.74, 6) is 0.426. The van der Waals surface area contributed by atoms with E-state index < -0.39 is 0 Å². The molecule has 136 valence electrons. The number of hydrogen-bond acceptors (Lipinski definition) is 4. The maximum Gasteiger partial charge on any atom is 0.254 e. The highest BCUT2D eigenvalue weighted by Crippen LogP contribution is 2.29. The summed E-state index contributed by atoms with van der Waals surface area (Å²) in [5.41, 5.74) is 1.64. The average molecular weight is 411 g/mol. The minimum Gasteiger partial charge on any atom is -0.494 e. The van der Waals surface area contributed by atoms with Gasteiger partial charge in [-0.1, -0.05) is 15.9 Å². The third kappa shape index (κ3) is 5.29. The normalized spacial score (nSPS) is 14.2. The molecule has 0 aliphatic carbocycles. The minimum absolute atomic E-state index is 0.0239. The van der Waals surface area contributed by atoms with Crippen LogP contribution in [-0.2, 0) is 16.1 Å². The summed E-state index contributed by atoms with van der Waals surface area (Å²) in [6.45, 7) is 3.09. The van der Waals surface area contributed by atoms with Gasteiger partial charge in [0, 0.05) is 29.9 Å². The molecule has 1 aromatic carbocycles. The topological polar surface area (TPSA) is 75.7 Å². The van der Waals surface area contributed by atoms with Crippen molar-refractivity contribution in [1.82, 2.24) is 10.2 Å². The lowest BCUT2D eigenvalue weighted by molar-refractivity contribution is -0.125. The van der Waals surface area contributed by atoms with Crippen LogP contribution in [0, 0.1) is 0 Å². The number of imide groups is 1. The molecule has 1 aromatic rings. The number of rotatable bonds is 10. The molecule has 0 spiro atoms. The molecule has 0 saturated carbocycles. The van der Waals surface area contributed by atoms with Gasteiger partial charge in [0.15, 0.2) is 0 Å². The molecule has 0 aromatic heterocycles. The van der Waals surface area contributed by atoms with Crippen LogP contribution in [0.3, 0.4) is 0 Å². The van der Waals surface area contributed by atoms with Crippen LogP contribution in [0.15, 0.2) is 18.2 Å². The van der Waals surface area contributed by atoms with Crippen LogP contribution in [0.4, 0.5) is 0 Å². The van der Waals surface area contributed by atoms with E-state index >= 15 is 0 Å². The summed E-state index contributed by atoms with van der Waals surface area (Å²) >= 11 is 3.39. The maximum atomic E-state index is 12.5. The van der Waals surface area contributed by atoms with Crippen LogP contribution in [0.2, 0.25) is 0 Å². The van der Waals surface area contributed by atoms with Gasteiger partial charge in [0.25, 0.3) is 5.91 Å². The van der Waals surface area contributed by atoms with Gasteiger partial charge in [0.2, 0.25) is 12.3 Å². The molecular weight excluding hydrogens is 388 g/mol. The van der Waals surface area contributed by atoms with Crippen LogP contribution in [-0.4, -0.2) is 41.1 Å². The Hall–Kier alpha value is -1.89. The molecule has 25 heavy (non-hydrogen) atoms. The number of carbonyl (C=O) groups excluding carboxylic acids is 3. The predicted molar refractivity (Wildman–Crippen MR) is 97.7 cm³/mol. The number of hydrogen-bond donors (Lipinski definition) is 1. The summed E-state index contributed by atoms with van der Waals surface area (Å²) in [6, 6.07) is 5.48. The van der Waals surface area contributed by atoms with E-state index in [4.69, 9.17) is 4.74 Å². The first-order chi connectivity index (χ1) is 12.1. The van der Waals surface area contributed by atoms with Crippen molar-refractivity contribution >= 4 is 34.2 Å². The number of halogens is 1. The Morgan fingerprint density at radius 2 is 2.24 bits per heavy atom. The van der Waals surface area contributed by atoms with Gasteiger partial charge < -0.3 is 9.64 Å². The van der Waals surface area contributed by atoms with Crippen LogP contribution in [0.25, 0.3) is 0 Å². The Bertz CT molecular complexity index is 636. The molecule has 1 unspecified atom stereocenters. The zero-order valence-electron chi connectivity index (χ0n) is 14.3. The fourth-order valence-electron chi connectivity index (χ4n) is 2.79. The van der Waals surface area contributed by atoms with Crippen molar-refractivity contribution in [3.63, 3.8) is 0 Å². The monoisotopic (exact) mass is 410 g/mol. The molecule has 1 aliphatic heterocycles. The number of amides is 3. The summed E-state index contributed by atoms with van der Waals surface area (Å²) in [6.07, 6.45) is 3.14. The van der Waals surface area contributed by atoms with E-state index in [0.717, 1.165) is 29.5 Å². The van der Waals surface area contributed by atoms with Crippen molar-refractivity contribution in [2.75, 3.05) is 11.9 Å². The number of nitrogens with one attached hydrogen (secondary N) is 1. The molecule has 3 amide bonds. The Morgan fingerprint density at radius 1 is 1.44 bits per heavy atom. The minimum atomic E-state index is -0.329. The summed E-state index contributed by atoms with van der Waals surface area (Å²) < 4.78 is 5.73. The number of benzene rings is 1. The molecule has 0 bridgehead atoms. The van der Waals surface area contributed by atoms with Gasteiger partial charge in [-0.05, 0) is 49.9 Å². The Morgan fingerprint density at radius 3 is 2.96 bits per heavy atom. The molecule has 1 N–H and O–H groups in total. The van der Waals surface area contributed by atoms with Crippen molar-refractivity contribution in [2.45, 2.75) is 45.2 Å². The second-order valence-electron chi connectivity index (χ2n) is 6.07. The SMILES string of the molecule is CC(CCC(=O)NC=O)N1Cc2cc(OCCCCBr)ccc2C1=O. The molecule has 2 rings (SSSR count). The van der Waals surface area contributed by atoms with Gasteiger partial charge in [-0.15, -0.1) is 0 Å². The van der Waals surface area contributed by atoms with E-state index in [1.54, 1.807) is 4.90 Å². The van der Waals surface area contributed by atoms with Crippen LogP contribution in [0.1, 0.15) is 48.5 Å². The molecule has 0 saturated heterocycles. The zero-order valence-corrected chi connectivity index (χ0v) is 15.9. The first-order valence-corrected chi connectivity index (χ1v) is 9.54. The van der Waals surface area contributed by atoms with E-state index in [-0.39, 0.29) is 24.3 Å². The fraction of sp³-hybridized carbons (Fsp3) is 0.500. The predicted octanol–water partition coefficient (Wildman–Crippen LogP) is 2.64. The Balaban J connectivity index is 1.92. The van der Waals surface area contributed by atoms with E-state index in [1.807, 2.05) is 25.1 Å². The van der Waals surface area contributed by atoms with E-state index in [0.29, 0.717) is 31.5 Å². The van der Waals surface area contributed by atoms with Gasteiger partial charge >= 0.3 is 0 Å². The van der Waals surface area contributed by atoms with Gasteiger partial charge in [-0.25, -0.2) is 0 Å². The highest BCUT2D eigenvalue weighted by Gasteiger charge is 2.31. The quantitative estimate of drug-likeness (QED) is 0.365. The largest absolute Gasteiger partial charge is 0.494 e. The van der Waals surface area contributed by atoms with Crippen molar-refractivity contribution < 1.29 is 19.1 Å². The number of alkyl halides is 1. The number of fused-ring (bicyclic) bond motifs is 1. The summed E-state index contributed by atoms with van der Waals surface area (Å²) in [4.78, 5) is 35.9. The van der Waals surface area contributed by atoms with Crippen molar-refractivity contribution in [3.05, 3.63) is 29.3 Å². The van der Waals surface area contributed by atoms with Crippen LogP contribution >= 0.6 is 15.9 Å². The maximum absolute atomic E-state index is 12.5. The number of carbonyl (C=O) groups is 3. The third-order valence-corrected chi connectivity index (χ3v) is 4.81. The van der Waals surface area contributed by atoms with Gasteiger partial charge in [0.05, 0.1) is 6.61 Å².